The summed E-state index contributed by atoms with van der Waals surface area (Å²) in [6, 6.07) is 15.1. The van der Waals surface area contributed by atoms with Gasteiger partial charge in [-0.1, -0.05) is 48.5 Å². The molecule has 0 saturated heterocycles. The number of hydrogen-bond donors (Lipinski definition) is 0. The van der Waals surface area contributed by atoms with E-state index in [0.29, 0.717) is 11.1 Å². The van der Waals surface area contributed by atoms with Gasteiger partial charge in [0.15, 0.2) is 0 Å². The van der Waals surface area contributed by atoms with Crippen molar-refractivity contribution in [2.75, 3.05) is 27.9 Å². The zero-order valence-electron chi connectivity index (χ0n) is 15.3. The molecule has 1 unspecified atom stereocenters. The summed E-state index contributed by atoms with van der Waals surface area (Å²) in [5, 5.41) is 0. The predicted molar refractivity (Wildman–Crippen MR) is 94.0 cm³/mol. The van der Waals surface area contributed by atoms with Crippen LogP contribution in [0.4, 0.5) is 0 Å². The molecular weight excluding hydrogens is 352 g/mol. The van der Waals surface area contributed by atoms with Crippen molar-refractivity contribution in [2.45, 2.75) is 11.8 Å². The summed E-state index contributed by atoms with van der Waals surface area (Å²) in [5.41, 5.74) is 0.917. The van der Waals surface area contributed by atoms with Gasteiger partial charge in [-0.05, 0) is 6.07 Å². The number of rotatable bonds is 8. The summed E-state index contributed by atoms with van der Waals surface area (Å²) in [7, 11) is 4.12. The second kappa shape index (κ2) is 7.58. The molecule has 2 aromatic carbocycles. The summed E-state index contributed by atoms with van der Waals surface area (Å²) in [6.45, 7) is -0.323. The molecule has 0 saturated carbocycles. The van der Waals surface area contributed by atoms with Gasteiger partial charge >= 0.3 is 17.7 Å². The average molecular weight is 372 g/mol. The number of esters is 1. The number of carbonyl (C=O) groups is 2. The lowest BCUT2D eigenvalue weighted by atomic mass is 9.94. The molecule has 0 aromatic heterocycles. The molecule has 3 rings (SSSR count). The van der Waals surface area contributed by atoms with Crippen molar-refractivity contribution in [3.8, 4) is 0 Å². The highest BCUT2D eigenvalue weighted by Gasteiger charge is 2.54. The van der Waals surface area contributed by atoms with Crippen LogP contribution >= 0.6 is 0 Å². The van der Waals surface area contributed by atoms with Crippen LogP contribution in [-0.2, 0) is 29.5 Å². The van der Waals surface area contributed by atoms with Gasteiger partial charge in [0, 0.05) is 32.5 Å². The maximum absolute atomic E-state index is 13.3. The van der Waals surface area contributed by atoms with Crippen LogP contribution in [0.5, 0.6) is 0 Å². The van der Waals surface area contributed by atoms with E-state index in [4.69, 9.17) is 23.7 Å². The normalized spacial score (nSPS) is 18.9. The first-order chi connectivity index (χ1) is 13.0. The first-order valence-corrected chi connectivity index (χ1v) is 8.24. The maximum Gasteiger partial charge on any atom is 0.341 e. The summed E-state index contributed by atoms with van der Waals surface area (Å²) < 4.78 is 27.0. The van der Waals surface area contributed by atoms with E-state index in [1.165, 1.54) is 21.3 Å². The molecule has 27 heavy (non-hydrogen) atoms. The number of hydrogen-bond acceptors (Lipinski definition) is 7. The van der Waals surface area contributed by atoms with Gasteiger partial charge in [-0.3, -0.25) is 4.79 Å². The summed E-state index contributed by atoms with van der Waals surface area (Å²) in [5.74, 6) is -4.68. The highest BCUT2D eigenvalue weighted by Crippen LogP contribution is 2.41. The second-order valence-corrected chi connectivity index (χ2v) is 5.83. The van der Waals surface area contributed by atoms with E-state index >= 15 is 0 Å². The Kier molecular flexibility index (Phi) is 5.38. The molecule has 0 spiro atoms. The third-order valence-electron chi connectivity index (χ3n) is 4.46. The smallest absolute Gasteiger partial charge is 0.341 e. The molecule has 0 amide bonds. The molecule has 0 bridgehead atoms. The quantitative estimate of drug-likeness (QED) is 0.400. The highest BCUT2D eigenvalue weighted by atomic mass is 16.9. The van der Waals surface area contributed by atoms with Gasteiger partial charge in [-0.2, -0.15) is 0 Å². The zero-order valence-corrected chi connectivity index (χ0v) is 15.3. The monoisotopic (exact) mass is 372 g/mol. The van der Waals surface area contributed by atoms with Gasteiger partial charge in [-0.25, -0.2) is 4.79 Å². The van der Waals surface area contributed by atoms with E-state index in [0.717, 1.165) is 0 Å². The van der Waals surface area contributed by atoms with E-state index < -0.39 is 23.5 Å². The summed E-state index contributed by atoms with van der Waals surface area (Å²) >= 11 is 0. The molecular formula is C20H20O7. The third-order valence-corrected chi connectivity index (χ3v) is 4.46. The van der Waals surface area contributed by atoms with Crippen LogP contribution in [0.15, 0.2) is 54.6 Å². The first-order valence-electron chi connectivity index (χ1n) is 8.24. The Morgan fingerprint density at radius 3 is 2.19 bits per heavy atom. The van der Waals surface area contributed by atoms with Crippen molar-refractivity contribution in [3.05, 3.63) is 71.3 Å². The Morgan fingerprint density at radius 2 is 1.56 bits per heavy atom. The van der Waals surface area contributed by atoms with Gasteiger partial charge in [0.1, 0.15) is 6.61 Å². The second-order valence-electron chi connectivity index (χ2n) is 5.83. The lowest BCUT2D eigenvalue weighted by molar-refractivity contribution is -0.382. The maximum atomic E-state index is 13.3. The van der Waals surface area contributed by atoms with Gasteiger partial charge in [0.2, 0.25) is 5.78 Å². The molecule has 1 aliphatic heterocycles. The molecule has 2 aromatic rings. The number of methoxy groups -OCH3 is 3. The highest BCUT2D eigenvalue weighted by molar-refractivity contribution is 6.08. The number of ketones is 1. The van der Waals surface area contributed by atoms with Crippen molar-refractivity contribution in [2.24, 2.45) is 0 Å². The number of fused-ring (bicyclic) bond motifs is 1. The fourth-order valence-electron chi connectivity index (χ4n) is 2.93. The SMILES string of the molecule is COC(COC1(C(=O)c2ccccc2)OC(=O)c2ccccc21)(OC)OC. The molecule has 0 aliphatic carbocycles. The van der Waals surface area contributed by atoms with Crippen LogP contribution in [0, 0.1) is 0 Å². The number of ether oxygens (including phenoxy) is 5. The largest absolute Gasteiger partial charge is 0.417 e. The van der Waals surface area contributed by atoms with Crippen molar-refractivity contribution in [1.82, 2.24) is 0 Å². The van der Waals surface area contributed by atoms with Crippen molar-refractivity contribution < 1.29 is 33.3 Å². The Morgan fingerprint density at radius 1 is 0.963 bits per heavy atom. The molecule has 0 fully saturated rings. The summed E-state index contributed by atoms with van der Waals surface area (Å²) in [4.78, 5) is 25.7. The van der Waals surface area contributed by atoms with Gasteiger partial charge in [0.25, 0.3) is 0 Å². The van der Waals surface area contributed by atoms with Crippen LogP contribution in [0.2, 0.25) is 0 Å². The number of benzene rings is 2. The minimum absolute atomic E-state index is 0.264. The van der Waals surface area contributed by atoms with Crippen molar-refractivity contribution in [3.63, 3.8) is 0 Å². The van der Waals surface area contributed by atoms with E-state index in [1.54, 1.807) is 54.6 Å². The minimum atomic E-state index is -1.96. The van der Waals surface area contributed by atoms with Crippen LogP contribution < -0.4 is 0 Å². The molecule has 0 radical (unpaired) electrons. The van der Waals surface area contributed by atoms with Gasteiger partial charge in [-0.15, -0.1) is 0 Å². The predicted octanol–water partition coefficient (Wildman–Crippen LogP) is 2.50. The Hall–Kier alpha value is -2.58. The molecule has 7 nitrogen and oxygen atoms in total. The van der Waals surface area contributed by atoms with Gasteiger partial charge < -0.3 is 23.7 Å². The van der Waals surface area contributed by atoms with E-state index in [1.807, 2.05) is 0 Å². The zero-order chi connectivity index (χ0) is 19.5. The Labute approximate surface area is 156 Å². The molecule has 0 N–H and O–H groups in total. The number of Topliss-reactive ketones (excluding diaryl/α,β-unsaturated/α-hetero) is 1. The third kappa shape index (κ3) is 3.26. The average Bonchev–Trinajstić information content (AvgIpc) is 3.03. The topological polar surface area (TPSA) is 80.3 Å². The lowest BCUT2D eigenvalue weighted by Gasteiger charge is -2.33. The Bertz CT molecular complexity index is 821. The molecule has 1 heterocycles. The van der Waals surface area contributed by atoms with Gasteiger partial charge in [0.05, 0.1) is 5.56 Å². The standard InChI is InChI=1S/C20H20O7/c1-23-19(24-2,25-3)13-26-20(17(21)14-9-5-4-6-10-14)16-12-8-7-11-15(16)18(22)27-20/h4-12H,13H2,1-3H3. The van der Waals surface area contributed by atoms with Crippen LogP contribution in [0.1, 0.15) is 26.3 Å². The molecule has 7 heteroatoms. The molecule has 142 valence electrons. The van der Waals surface area contributed by atoms with E-state index in [2.05, 4.69) is 0 Å². The van der Waals surface area contributed by atoms with Crippen LogP contribution in [-0.4, -0.2) is 45.7 Å². The summed E-state index contributed by atoms with van der Waals surface area (Å²) in [6.07, 6.45) is 0. The van der Waals surface area contributed by atoms with E-state index in [-0.39, 0.29) is 12.2 Å². The lowest BCUT2D eigenvalue weighted by Crippen LogP contribution is -2.47. The van der Waals surface area contributed by atoms with E-state index in [9.17, 15) is 9.59 Å². The fourth-order valence-corrected chi connectivity index (χ4v) is 2.93. The first kappa shape index (κ1) is 19.2. The van der Waals surface area contributed by atoms with Crippen LogP contribution in [0.3, 0.4) is 0 Å². The minimum Gasteiger partial charge on any atom is -0.417 e. The van der Waals surface area contributed by atoms with Crippen molar-refractivity contribution in [1.29, 1.82) is 0 Å². The number of cyclic esters (lactones) is 1. The Balaban J connectivity index is 2.06. The number of carbonyl (C=O) groups excluding carboxylic acids is 2. The molecule has 1 aliphatic rings. The molecule has 1 atom stereocenters. The fraction of sp³-hybridized carbons (Fsp3) is 0.300. The van der Waals surface area contributed by atoms with Crippen molar-refractivity contribution >= 4 is 11.8 Å². The van der Waals surface area contributed by atoms with Crippen LogP contribution in [0.25, 0.3) is 0 Å².